The molecule has 3 aromatic rings. The second kappa shape index (κ2) is 8.37. The van der Waals surface area contributed by atoms with Gasteiger partial charge in [0.1, 0.15) is 17.4 Å². The molecule has 0 aliphatic carbocycles. The van der Waals surface area contributed by atoms with Crippen molar-refractivity contribution in [2.24, 2.45) is 9.98 Å². The Hall–Kier alpha value is -3.67. The number of ether oxygens (including phenoxy) is 1. The van der Waals surface area contributed by atoms with E-state index < -0.39 is 0 Å². The van der Waals surface area contributed by atoms with Crippen molar-refractivity contribution in [2.75, 3.05) is 30.9 Å². The van der Waals surface area contributed by atoms with Gasteiger partial charge in [-0.1, -0.05) is 0 Å². The third-order valence-corrected chi connectivity index (χ3v) is 4.74. The Morgan fingerprint density at radius 1 is 0.900 bits per heavy atom. The molecule has 0 atom stereocenters. The summed E-state index contributed by atoms with van der Waals surface area (Å²) in [5, 5.41) is 3.35. The van der Waals surface area contributed by atoms with Crippen LogP contribution in [-0.4, -0.2) is 32.4 Å². The monoisotopic (exact) mass is 402 g/mol. The normalized spacial score (nSPS) is 12.8. The second-order valence-corrected chi connectivity index (χ2v) is 7.08. The summed E-state index contributed by atoms with van der Waals surface area (Å²) in [6.45, 7) is 2.52. The highest BCUT2D eigenvalue weighted by Gasteiger charge is 2.16. The van der Waals surface area contributed by atoms with Crippen LogP contribution in [0.3, 0.4) is 0 Å². The fraction of sp³-hybridized carbons (Fsp3) is 0.167. The summed E-state index contributed by atoms with van der Waals surface area (Å²) in [6.07, 6.45) is 0. The van der Waals surface area contributed by atoms with Crippen LogP contribution in [0.2, 0.25) is 0 Å². The zero-order chi connectivity index (χ0) is 21.1. The number of rotatable bonds is 5. The molecule has 5 nitrogen and oxygen atoms in total. The molecule has 6 heteroatoms. The van der Waals surface area contributed by atoms with Crippen molar-refractivity contribution in [1.29, 1.82) is 0 Å². The van der Waals surface area contributed by atoms with Gasteiger partial charge in [0, 0.05) is 37.0 Å². The highest BCUT2D eigenvalue weighted by atomic mass is 19.1. The fourth-order valence-electron chi connectivity index (χ4n) is 3.15. The van der Waals surface area contributed by atoms with E-state index in [2.05, 4.69) is 5.32 Å². The van der Waals surface area contributed by atoms with E-state index in [-0.39, 0.29) is 5.82 Å². The van der Waals surface area contributed by atoms with Crippen molar-refractivity contribution in [3.05, 3.63) is 83.7 Å². The highest BCUT2D eigenvalue weighted by Crippen LogP contribution is 2.33. The quantitative estimate of drug-likeness (QED) is 0.635. The van der Waals surface area contributed by atoms with Crippen LogP contribution in [0.4, 0.5) is 21.5 Å². The van der Waals surface area contributed by atoms with Crippen LogP contribution in [0.1, 0.15) is 18.1 Å². The molecule has 1 aliphatic rings. The van der Waals surface area contributed by atoms with E-state index in [4.69, 9.17) is 14.7 Å². The maximum absolute atomic E-state index is 13.5. The number of anilines is 2. The number of benzene rings is 3. The van der Waals surface area contributed by atoms with Crippen LogP contribution in [0.25, 0.3) is 0 Å². The van der Waals surface area contributed by atoms with Crippen molar-refractivity contribution in [3.63, 3.8) is 0 Å². The Bertz CT molecular complexity index is 1100. The molecule has 1 N–H and O–H groups in total. The number of amidine groups is 2. The minimum absolute atomic E-state index is 0.292. The molecule has 0 aromatic heterocycles. The van der Waals surface area contributed by atoms with Crippen LogP contribution in [0.5, 0.6) is 5.75 Å². The first kappa shape index (κ1) is 19.6. The van der Waals surface area contributed by atoms with Gasteiger partial charge in [-0.15, -0.1) is 0 Å². The molecule has 1 heterocycles. The predicted molar refractivity (Wildman–Crippen MR) is 121 cm³/mol. The zero-order valence-corrected chi connectivity index (χ0v) is 17.2. The Morgan fingerprint density at radius 2 is 1.60 bits per heavy atom. The molecule has 0 unspecified atom stereocenters. The molecule has 0 amide bonds. The smallest absolute Gasteiger partial charge is 0.162 e. The van der Waals surface area contributed by atoms with Gasteiger partial charge in [0.2, 0.25) is 0 Å². The SMILES string of the molecule is CCOc1ccc2c(c1)NC(c1ccc(F)cc1)=NC(c1ccc(N(C)C)cc1)=N2. The lowest BCUT2D eigenvalue weighted by atomic mass is 10.1. The van der Waals surface area contributed by atoms with E-state index in [1.165, 1.54) is 12.1 Å². The fourth-order valence-corrected chi connectivity index (χ4v) is 3.15. The van der Waals surface area contributed by atoms with Gasteiger partial charge in [0.05, 0.1) is 18.0 Å². The molecule has 0 saturated carbocycles. The molecule has 0 bridgehead atoms. The molecular formula is C24H23FN4O. The topological polar surface area (TPSA) is 49.2 Å². The predicted octanol–water partition coefficient (Wildman–Crippen LogP) is 5.24. The molecule has 0 spiro atoms. The summed E-state index contributed by atoms with van der Waals surface area (Å²) in [5.74, 6) is 1.63. The van der Waals surface area contributed by atoms with Crippen LogP contribution >= 0.6 is 0 Å². The van der Waals surface area contributed by atoms with Crippen LogP contribution in [0, 0.1) is 5.82 Å². The maximum Gasteiger partial charge on any atom is 0.162 e. The Kier molecular flexibility index (Phi) is 5.48. The Labute approximate surface area is 175 Å². The first-order chi connectivity index (χ1) is 14.5. The highest BCUT2D eigenvalue weighted by molar-refractivity contribution is 6.19. The van der Waals surface area contributed by atoms with E-state index >= 15 is 0 Å². The molecule has 0 saturated heterocycles. The van der Waals surface area contributed by atoms with E-state index in [9.17, 15) is 4.39 Å². The number of fused-ring (bicyclic) bond motifs is 1. The van der Waals surface area contributed by atoms with Gasteiger partial charge in [-0.3, -0.25) is 0 Å². The van der Waals surface area contributed by atoms with E-state index in [0.29, 0.717) is 18.3 Å². The maximum atomic E-state index is 13.5. The molecule has 0 radical (unpaired) electrons. The lowest BCUT2D eigenvalue weighted by Crippen LogP contribution is -2.15. The molecule has 152 valence electrons. The van der Waals surface area contributed by atoms with Gasteiger partial charge < -0.3 is 15.0 Å². The van der Waals surface area contributed by atoms with Crippen molar-refractivity contribution >= 4 is 28.7 Å². The summed E-state index contributed by atoms with van der Waals surface area (Å²) in [5.41, 5.74) is 4.29. The number of halogens is 1. The zero-order valence-electron chi connectivity index (χ0n) is 17.2. The Morgan fingerprint density at radius 3 is 2.27 bits per heavy atom. The number of nitrogens with zero attached hydrogens (tertiary/aromatic N) is 3. The van der Waals surface area contributed by atoms with Gasteiger partial charge >= 0.3 is 0 Å². The van der Waals surface area contributed by atoms with Gasteiger partial charge in [0.25, 0.3) is 0 Å². The minimum Gasteiger partial charge on any atom is -0.494 e. The largest absolute Gasteiger partial charge is 0.494 e. The lowest BCUT2D eigenvalue weighted by molar-refractivity contribution is 0.340. The molecule has 30 heavy (non-hydrogen) atoms. The first-order valence-electron chi connectivity index (χ1n) is 9.78. The summed E-state index contributed by atoms with van der Waals surface area (Å²) >= 11 is 0. The lowest BCUT2D eigenvalue weighted by Gasteiger charge is -2.12. The number of hydrogen-bond donors (Lipinski definition) is 1. The molecule has 3 aromatic carbocycles. The van der Waals surface area contributed by atoms with Gasteiger partial charge in [-0.2, -0.15) is 0 Å². The molecule has 4 rings (SSSR count). The summed E-state index contributed by atoms with van der Waals surface area (Å²) in [7, 11) is 4.00. The van der Waals surface area contributed by atoms with Crippen molar-refractivity contribution in [2.45, 2.75) is 6.92 Å². The standard InChI is InChI=1S/C24H23FN4O/c1-4-30-20-13-14-21-22(15-20)27-24(16-5-9-18(25)10-6-16)28-23(26-21)17-7-11-19(12-8-17)29(2)3/h5-15H,4H2,1-3H3,(H,26,27,28). The third kappa shape index (κ3) is 4.17. The summed E-state index contributed by atoms with van der Waals surface area (Å²) in [4.78, 5) is 11.6. The van der Waals surface area contributed by atoms with Crippen molar-refractivity contribution in [3.8, 4) is 5.75 Å². The number of nitrogens with one attached hydrogen (secondary N) is 1. The van der Waals surface area contributed by atoms with Crippen molar-refractivity contribution < 1.29 is 9.13 Å². The molecular weight excluding hydrogens is 379 g/mol. The molecule has 0 fully saturated rings. The van der Waals surface area contributed by atoms with Gasteiger partial charge in [0.15, 0.2) is 5.84 Å². The average molecular weight is 402 g/mol. The second-order valence-electron chi connectivity index (χ2n) is 7.08. The molecule has 1 aliphatic heterocycles. The van der Waals surface area contributed by atoms with Crippen LogP contribution in [-0.2, 0) is 0 Å². The van der Waals surface area contributed by atoms with Crippen LogP contribution < -0.4 is 15.0 Å². The van der Waals surface area contributed by atoms with Gasteiger partial charge in [-0.05, 0) is 67.6 Å². The Balaban J connectivity index is 1.82. The van der Waals surface area contributed by atoms with E-state index in [0.717, 1.165) is 33.9 Å². The van der Waals surface area contributed by atoms with Crippen molar-refractivity contribution in [1.82, 2.24) is 0 Å². The minimum atomic E-state index is -0.292. The summed E-state index contributed by atoms with van der Waals surface area (Å²) < 4.78 is 19.1. The van der Waals surface area contributed by atoms with E-state index in [1.54, 1.807) is 12.1 Å². The number of aliphatic imine (C=N–C) groups is 2. The average Bonchev–Trinajstić information content (AvgIpc) is 2.94. The van der Waals surface area contributed by atoms with E-state index in [1.807, 2.05) is 68.4 Å². The van der Waals surface area contributed by atoms with Crippen LogP contribution in [0.15, 0.2) is 76.7 Å². The number of hydrogen-bond acceptors (Lipinski definition) is 5. The first-order valence-corrected chi connectivity index (χ1v) is 9.78. The summed E-state index contributed by atoms with van der Waals surface area (Å²) in [6, 6.07) is 20.0. The third-order valence-electron chi connectivity index (χ3n) is 4.74. The van der Waals surface area contributed by atoms with Gasteiger partial charge in [-0.25, -0.2) is 14.4 Å².